The lowest BCUT2D eigenvalue weighted by molar-refractivity contribution is -0.159. The fourth-order valence-electron chi connectivity index (χ4n) is 3.03. The summed E-state index contributed by atoms with van der Waals surface area (Å²) in [6, 6.07) is 8.07. The Kier molecular flexibility index (Phi) is 5.48. The number of benzene rings is 1. The quantitative estimate of drug-likeness (QED) is 0.820. The summed E-state index contributed by atoms with van der Waals surface area (Å²) >= 11 is 0. The highest BCUT2D eigenvalue weighted by atomic mass is 16.6. The minimum Gasteiger partial charge on any atom is -0.496 e. The van der Waals surface area contributed by atoms with Crippen LogP contribution in [0.15, 0.2) is 24.3 Å². The molecule has 1 unspecified atom stereocenters. The predicted octanol–water partition coefficient (Wildman–Crippen LogP) is 0.755. The Labute approximate surface area is 136 Å². The van der Waals surface area contributed by atoms with Gasteiger partial charge in [0.25, 0.3) is 5.91 Å². The SMILES string of the molecule is COc1ccccc1CN1CCN(C(=O)C2COCCO2)CC1. The Morgan fingerprint density at radius 2 is 2.00 bits per heavy atom. The molecule has 23 heavy (non-hydrogen) atoms. The van der Waals surface area contributed by atoms with Gasteiger partial charge in [0, 0.05) is 38.3 Å². The van der Waals surface area contributed by atoms with Crippen molar-refractivity contribution in [1.82, 2.24) is 9.80 Å². The number of methoxy groups -OCH3 is 1. The summed E-state index contributed by atoms with van der Waals surface area (Å²) in [5.41, 5.74) is 1.18. The van der Waals surface area contributed by atoms with Gasteiger partial charge in [-0.05, 0) is 6.07 Å². The smallest absolute Gasteiger partial charge is 0.254 e. The van der Waals surface area contributed by atoms with Crippen molar-refractivity contribution in [2.75, 3.05) is 53.1 Å². The van der Waals surface area contributed by atoms with E-state index in [1.165, 1.54) is 5.56 Å². The zero-order valence-corrected chi connectivity index (χ0v) is 13.6. The van der Waals surface area contributed by atoms with Gasteiger partial charge in [0.15, 0.2) is 6.10 Å². The number of para-hydroxylation sites is 1. The monoisotopic (exact) mass is 320 g/mol. The number of carbonyl (C=O) groups is 1. The third-order valence-electron chi connectivity index (χ3n) is 4.36. The van der Waals surface area contributed by atoms with Gasteiger partial charge in [0.2, 0.25) is 0 Å². The van der Waals surface area contributed by atoms with E-state index in [0.29, 0.717) is 19.8 Å². The van der Waals surface area contributed by atoms with Crippen molar-refractivity contribution in [3.05, 3.63) is 29.8 Å². The molecular formula is C17H24N2O4. The van der Waals surface area contributed by atoms with Crippen LogP contribution in [0.2, 0.25) is 0 Å². The lowest BCUT2D eigenvalue weighted by atomic mass is 10.1. The Balaban J connectivity index is 1.51. The number of nitrogens with zero attached hydrogens (tertiary/aromatic N) is 2. The summed E-state index contributed by atoms with van der Waals surface area (Å²) in [7, 11) is 1.70. The van der Waals surface area contributed by atoms with E-state index in [0.717, 1.165) is 38.5 Å². The molecule has 2 fully saturated rings. The van der Waals surface area contributed by atoms with Gasteiger partial charge in [0.1, 0.15) is 5.75 Å². The molecule has 6 nitrogen and oxygen atoms in total. The van der Waals surface area contributed by atoms with Crippen LogP contribution in [0.25, 0.3) is 0 Å². The van der Waals surface area contributed by atoms with Crippen molar-refractivity contribution in [3.63, 3.8) is 0 Å². The predicted molar refractivity (Wildman–Crippen MR) is 85.4 cm³/mol. The lowest BCUT2D eigenvalue weighted by Gasteiger charge is -2.37. The molecule has 2 aliphatic rings. The number of hydrogen-bond acceptors (Lipinski definition) is 5. The average Bonchev–Trinajstić information content (AvgIpc) is 2.63. The summed E-state index contributed by atoms with van der Waals surface area (Å²) in [6.07, 6.45) is -0.426. The van der Waals surface area contributed by atoms with Crippen LogP contribution in [-0.4, -0.2) is 74.9 Å². The second-order valence-electron chi connectivity index (χ2n) is 5.85. The highest BCUT2D eigenvalue weighted by Gasteiger charge is 2.29. The first kappa shape index (κ1) is 16.2. The van der Waals surface area contributed by atoms with Crippen LogP contribution in [0.4, 0.5) is 0 Å². The molecule has 1 aromatic carbocycles. The molecule has 0 saturated carbocycles. The van der Waals surface area contributed by atoms with E-state index < -0.39 is 6.10 Å². The van der Waals surface area contributed by atoms with Crippen LogP contribution in [0, 0.1) is 0 Å². The third-order valence-corrected chi connectivity index (χ3v) is 4.36. The molecule has 0 N–H and O–H groups in total. The maximum atomic E-state index is 12.4. The van der Waals surface area contributed by atoms with E-state index in [2.05, 4.69) is 11.0 Å². The van der Waals surface area contributed by atoms with E-state index in [1.807, 2.05) is 23.1 Å². The largest absolute Gasteiger partial charge is 0.496 e. The Bertz CT molecular complexity index is 523. The summed E-state index contributed by atoms with van der Waals surface area (Å²) in [6.45, 7) is 5.48. The lowest BCUT2D eigenvalue weighted by Crippen LogP contribution is -2.53. The zero-order chi connectivity index (χ0) is 16.1. The van der Waals surface area contributed by atoms with Crippen molar-refractivity contribution in [2.24, 2.45) is 0 Å². The molecule has 2 saturated heterocycles. The third kappa shape index (κ3) is 4.02. The highest BCUT2D eigenvalue weighted by molar-refractivity contribution is 5.81. The second-order valence-corrected chi connectivity index (χ2v) is 5.85. The van der Waals surface area contributed by atoms with Crippen LogP contribution in [0.5, 0.6) is 5.75 Å². The highest BCUT2D eigenvalue weighted by Crippen LogP contribution is 2.20. The van der Waals surface area contributed by atoms with E-state index in [9.17, 15) is 4.79 Å². The minimum absolute atomic E-state index is 0.0571. The molecule has 0 aliphatic carbocycles. The van der Waals surface area contributed by atoms with Gasteiger partial charge in [-0.2, -0.15) is 0 Å². The van der Waals surface area contributed by atoms with Gasteiger partial charge < -0.3 is 19.1 Å². The van der Waals surface area contributed by atoms with Crippen molar-refractivity contribution in [2.45, 2.75) is 12.6 Å². The first-order chi connectivity index (χ1) is 11.3. The summed E-state index contributed by atoms with van der Waals surface area (Å²) in [4.78, 5) is 16.6. The molecular weight excluding hydrogens is 296 g/mol. The number of rotatable bonds is 4. The Morgan fingerprint density at radius 1 is 1.22 bits per heavy atom. The maximum Gasteiger partial charge on any atom is 0.254 e. The maximum absolute atomic E-state index is 12.4. The van der Waals surface area contributed by atoms with Gasteiger partial charge in [-0.1, -0.05) is 18.2 Å². The van der Waals surface area contributed by atoms with Crippen molar-refractivity contribution >= 4 is 5.91 Å². The number of ether oxygens (including phenoxy) is 3. The zero-order valence-electron chi connectivity index (χ0n) is 13.6. The molecule has 1 amide bonds. The van der Waals surface area contributed by atoms with Gasteiger partial charge in [0.05, 0.1) is 26.9 Å². The summed E-state index contributed by atoms with van der Waals surface area (Å²) < 4.78 is 16.2. The molecule has 1 aromatic rings. The van der Waals surface area contributed by atoms with Crippen molar-refractivity contribution < 1.29 is 19.0 Å². The summed E-state index contributed by atoms with van der Waals surface area (Å²) in [5.74, 6) is 0.973. The number of carbonyl (C=O) groups excluding carboxylic acids is 1. The normalized spacial score (nSPS) is 22.8. The first-order valence-corrected chi connectivity index (χ1v) is 8.10. The van der Waals surface area contributed by atoms with Crippen LogP contribution in [0.3, 0.4) is 0 Å². The molecule has 3 rings (SSSR count). The van der Waals surface area contributed by atoms with Gasteiger partial charge >= 0.3 is 0 Å². The fraction of sp³-hybridized carbons (Fsp3) is 0.588. The fourth-order valence-corrected chi connectivity index (χ4v) is 3.03. The standard InChI is InChI=1S/C17H24N2O4/c1-21-15-5-3-2-4-14(15)12-18-6-8-19(9-7-18)17(20)16-13-22-10-11-23-16/h2-5,16H,6-13H2,1H3. The number of amides is 1. The van der Waals surface area contributed by atoms with Gasteiger partial charge in [-0.3, -0.25) is 9.69 Å². The molecule has 2 aliphatic heterocycles. The Morgan fingerprint density at radius 3 is 2.70 bits per heavy atom. The molecule has 126 valence electrons. The average molecular weight is 320 g/mol. The van der Waals surface area contributed by atoms with Gasteiger partial charge in [-0.15, -0.1) is 0 Å². The Hall–Kier alpha value is -1.63. The summed E-state index contributed by atoms with van der Waals surface area (Å²) in [5, 5.41) is 0. The van der Waals surface area contributed by atoms with Crippen LogP contribution < -0.4 is 4.74 Å². The topological polar surface area (TPSA) is 51.2 Å². The molecule has 1 atom stereocenters. The first-order valence-electron chi connectivity index (χ1n) is 8.10. The van der Waals surface area contributed by atoms with Crippen LogP contribution in [-0.2, 0) is 20.8 Å². The van der Waals surface area contributed by atoms with E-state index in [1.54, 1.807) is 7.11 Å². The molecule has 0 spiro atoms. The van der Waals surface area contributed by atoms with Crippen LogP contribution in [0.1, 0.15) is 5.56 Å². The number of hydrogen-bond donors (Lipinski definition) is 0. The van der Waals surface area contributed by atoms with E-state index in [4.69, 9.17) is 14.2 Å². The van der Waals surface area contributed by atoms with Gasteiger partial charge in [-0.25, -0.2) is 0 Å². The van der Waals surface area contributed by atoms with Crippen molar-refractivity contribution in [1.29, 1.82) is 0 Å². The van der Waals surface area contributed by atoms with E-state index in [-0.39, 0.29) is 5.91 Å². The van der Waals surface area contributed by atoms with E-state index >= 15 is 0 Å². The molecule has 2 heterocycles. The second kappa shape index (κ2) is 7.77. The molecule has 6 heteroatoms. The molecule has 0 bridgehead atoms. The number of piperazine rings is 1. The van der Waals surface area contributed by atoms with Crippen molar-refractivity contribution in [3.8, 4) is 5.75 Å². The van der Waals surface area contributed by atoms with Crippen LogP contribution >= 0.6 is 0 Å². The molecule has 0 aromatic heterocycles. The molecule has 0 radical (unpaired) electrons. The minimum atomic E-state index is -0.426.